The molecule has 0 atom stereocenters. The van der Waals surface area contributed by atoms with Crippen molar-refractivity contribution >= 4 is 44.4 Å². The Hall–Kier alpha value is -1.89. The number of fused-ring (bicyclic) bond motifs is 1. The number of carbonyl (C=O) groups is 1. The molecule has 1 aromatic heterocycles. The fourth-order valence-corrected chi connectivity index (χ4v) is 5.60. The van der Waals surface area contributed by atoms with Gasteiger partial charge in [-0.25, -0.2) is 4.98 Å². The van der Waals surface area contributed by atoms with Crippen LogP contribution in [-0.4, -0.2) is 48.2 Å². The molecule has 4 nitrogen and oxygen atoms in total. The molecule has 0 aliphatic heterocycles. The predicted octanol–water partition coefficient (Wildman–Crippen LogP) is 5.94. The lowest BCUT2D eigenvalue weighted by Gasteiger charge is -2.21. The van der Waals surface area contributed by atoms with Crippen molar-refractivity contribution in [1.82, 2.24) is 9.88 Å². The fourth-order valence-electron chi connectivity index (χ4n) is 3.57. The van der Waals surface area contributed by atoms with E-state index in [-0.39, 0.29) is 5.91 Å². The molecule has 0 aliphatic rings. The average molecular weight is 456 g/mol. The Morgan fingerprint density at radius 2 is 1.81 bits per heavy atom. The number of carbonyl (C=O) groups excluding carboxylic acids is 1. The molecule has 1 amide bonds. The third-order valence-corrected chi connectivity index (χ3v) is 7.03. The summed E-state index contributed by atoms with van der Waals surface area (Å²) < 4.78 is 1.15. The molecule has 0 fully saturated rings. The van der Waals surface area contributed by atoms with E-state index in [1.54, 1.807) is 11.3 Å². The molecule has 3 rings (SSSR count). The SMILES string of the molecule is Cc1cc(C)c2nc(N(CCCN(C)C)C(=O)Cc3ccc(SC(C)C)cc3)sc2c1. The molecule has 0 N–H and O–H groups in total. The van der Waals surface area contributed by atoms with E-state index in [2.05, 4.69) is 83.1 Å². The van der Waals surface area contributed by atoms with Crippen LogP contribution in [0, 0.1) is 13.8 Å². The Kier molecular flexibility index (Phi) is 8.14. The summed E-state index contributed by atoms with van der Waals surface area (Å²) in [6.45, 7) is 10.2. The lowest BCUT2D eigenvalue weighted by atomic mass is 10.1. The van der Waals surface area contributed by atoms with Crippen LogP contribution in [0.2, 0.25) is 0 Å². The van der Waals surface area contributed by atoms with Crippen molar-refractivity contribution in [3.8, 4) is 0 Å². The van der Waals surface area contributed by atoms with Crippen molar-refractivity contribution in [2.75, 3.05) is 32.1 Å². The van der Waals surface area contributed by atoms with E-state index in [9.17, 15) is 4.79 Å². The first kappa shape index (κ1) is 23.8. The van der Waals surface area contributed by atoms with Crippen LogP contribution in [0.1, 0.15) is 37.0 Å². The minimum Gasteiger partial charge on any atom is -0.309 e. The largest absolute Gasteiger partial charge is 0.309 e. The zero-order valence-corrected chi connectivity index (χ0v) is 21.1. The normalized spacial score (nSPS) is 11.6. The van der Waals surface area contributed by atoms with E-state index in [0.717, 1.165) is 39.4 Å². The first-order chi connectivity index (χ1) is 14.7. The minimum atomic E-state index is 0.108. The summed E-state index contributed by atoms with van der Waals surface area (Å²) in [7, 11) is 4.12. The smallest absolute Gasteiger partial charge is 0.233 e. The van der Waals surface area contributed by atoms with Crippen molar-refractivity contribution in [3.05, 3.63) is 53.1 Å². The van der Waals surface area contributed by atoms with Crippen LogP contribution in [0.4, 0.5) is 5.13 Å². The lowest BCUT2D eigenvalue weighted by Crippen LogP contribution is -2.34. The first-order valence-corrected chi connectivity index (χ1v) is 12.5. The monoisotopic (exact) mass is 455 g/mol. The quantitative estimate of drug-likeness (QED) is 0.374. The topological polar surface area (TPSA) is 36.4 Å². The Morgan fingerprint density at radius 3 is 2.45 bits per heavy atom. The van der Waals surface area contributed by atoms with E-state index in [1.807, 2.05) is 16.7 Å². The van der Waals surface area contributed by atoms with Gasteiger partial charge in [0.1, 0.15) is 0 Å². The molecule has 0 saturated heterocycles. The molecular weight excluding hydrogens is 422 g/mol. The number of thiazole rings is 1. The summed E-state index contributed by atoms with van der Waals surface area (Å²) in [5.74, 6) is 0.108. The fraction of sp³-hybridized carbons (Fsp3) is 0.440. The number of rotatable bonds is 9. The molecular formula is C25H33N3OS2. The second-order valence-corrected chi connectivity index (χ2v) is 11.3. The average Bonchev–Trinajstić information content (AvgIpc) is 3.10. The van der Waals surface area contributed by atoms with Crippen molar-refractivity contribution < 1.29 is 4.79 Å². The number of aryl methyl sites for hydroxylation is 2. The maximum Gasteiger partial charge on any atom is 0.233 e. The lowest BCUT2D eigenvalue weighted by molar-refractivity contribution is -0.118. The van der Waals surface area contributed by atoms with Gasteiger partial charge in [0.15, 0.2) is 5.13 Å². The summed E-state index contributed by atoms with van der Waals surface area (Å²) in [4.78, 5) is 23.5. The van der Waals surface area contributed by atoms with Crippen LogP contribution in [0.5, 0.6) is 0 Å². The summed E-state index contributed by atoms with van der Waals surface area (Å²) >= 11 is 3.46. The van der Waals surface area contributed by atoms with Gasteiger partial charge in [0.2, 0.25) is 5.91 Å². The van der Waals surface area contributed by atoms with Gasteiger partial charge in [0.25, 0.3) is 0 Å². The highest BCUT2D eigenvalue weighted by atomic mass is 32.2. The number of nitrogens with zero attached hydrogens (tertiary/aromatic N) is 3. The van der Waals surface area contributed by atoms with E-state index < -0.39 is 0 Å². The second-order valence-electron chi connectivity index (χ2n) is 8.61. The number of amides is 1. The Bertz CT molecular complexity index is 1030. The predicted molar refractivity (Wildman–Crippen MR) is 136 cm³/mol. The second kappa shape index (κ2) is 10.6. The van der Waals surface area contributed by atoms with Gasteiger partial charge in [-0.05, 0) is 75.8 Å². The summed E-state index contributed by atoms with van der Waals surface area (Å²) in [5, 5.41) is 1.35. The van der Waals surface area contributed by atoms with E-state index >= 15 is 0 Å². The molecule has 166 valence electrons. The zero-order chi connectivity index (χ0) is 22.5. The third kappa shape index (κ3) is 6.55. The number of anilines is 1. The highest BCUT2D eigenvalue weighted by Gasteiger charge is 2.20. The molecule has 2 aromatic carbocycles. The Balaban J connectivity index is 1.82. The number of hydrogen-bond acceptors (Lipinski definition) is 5. The van der Waals surface area contributed by atoms with Gasteiger partial charge in [0, 0.05) is 16.7 Å². The van der Waals surface area contributed by atoms with Crippen LogP contribution in [-0.2, 0) is 11.2 Å². The van der Waals surface area contributed by atoms with Crippen molar-refractivity contribution in [2.45, 2.75) is 50.7 Å². The van der Waals surface area contributed by atoms with Gasteiger partial charge in [-0.2, -0.15) is 0 Å². The number of aromatic nitrogens is 1. The molecule has 0 saturated carbocycles. The highest BCUT2D eigenvalue weighted by molar-refractivity contribution is 7.99. The van der Waals surface area contributed by atoms with E-state index in [4.69, 9.17) is 4.98 Å². The summed E-state index contributed by atoms with van der Waals surface area (Å²) in [6.07, 6.45) is 1.30. The van der Waals surface area contributed by atoms with Gasteiger partial charge < -0.3 is 4.90 Å². The van der Waals surface area contributed by atoms with Crippen LogP contribution in [0.3, 0.4) is 0 Å². The molecule has 3 aromatic rings. The molecule has 0 spiro atoms. The number of hydrogen-bond donors (Lipinski definition) is 0. The highest BCUT2D eigenvalue weighted by Crippen LogP contribution is 2.32. The van der Waals surface area contributed by atoms with Gasteiger partial charge >= 0.3 is 0 Å². The van der Waals surface area contributed by atoms with Gasteiger partial charge in [-0.1, -0.05) is 43.4 Å². The summed E-state index contributed by atoms with van der Waals surface area (Å²) in [6, 6.07) is 12.7. The summed E-state index contributed by atoms with van der Waals surface area (Å²) in [5.41, 5.74) is 4.44. The van der Waals surface area contributed by atoms with Crippen LogP contribution in [0.25, 0.3) is 10.2 Å². The van der Waals surface area contributed by atoms with Gasteiger partial charge in [-0.15, -0.1) is 11.8 Å². The van der Waals surface area contributed by atoms with Crippen molar-refractivity contribution in [3.63, 3.8) is 0 Å². The van der Waals surface area contributed by atoms with Crippen molar-refractivity contribution in [2.24, 2.45) is 0 Å². The van der Waals surface area contributed by atoms with Crippen LogP contribution >= 0.6 is 23.1 Å². The number of benzene rings is 2. The van der Waals surface area contributed by atoms with Crippen LogP contribution < -0.4 is 4.90 Å². The van der Waals surface area contributed by atoms with E-state index in [0.29, 0.717) is 18.2 Å². The molecule has 1 heterocycles. The Morgan fingerprint density at radius 1 is 1.10 bits per heavy atom. The van der Waals surface area contributed by atoms with E-state index in [1.165, 1.54) is 10.5 Å². The molecule has 0 radical (unpaired) electrons. The van der Waals surface area contributed by atoms with Crippen LogP contribution in [0.15, 0.2) is 41.3 Å². The van der Waals surface area contributed by atoms with Gasteiger partial charge in [-0.3, -0.25) is 9.69 Å². The molecule has 0 aliphatic carbocycles. The molecule has 6 heteroatoms. The van der Waals surface area contributed by atoms with Crippen molar-refractivity contribution in [1.29, 1.82) is 0 Å². The first-order valence-electron chi connectivity index (χ1n) is 10.8. The zero-order valence-electron chi connectivity index (χ0n) is 19.4. The molecule has 0 bridgehead atoms. The Labute approximate surface area is 194 Å². The third-order valence-electron chi connectivity index (χ3n) is 4.99. The number of thioether (sulfide) groups is 1. The maximum atomic E-state index is 13.4. The maximum absolute atomic E-state index is 13.4. The minimum absolute atomic E-state index is 0.108. The molecule has 31 heavy (non-hydrogen) atoms. The molecule has 0 unspecified atom stereocenters. The standard InChI is InChI=1S/C25H33N3OS2/c1-17(2)30-21-10-8-20(9-11-21)16-23(29)28(13-7-12-27(5)6)25-26-24-19(4)14-18(3)15-22(24)31-25/h8-11,14-15,17H,7,12-13,16H2,1-6H3. The van der Waals surface area contributed by atoms with Gasteiger partial charge in [0.05, 0.1) is 16.6 Å².